The van der Waals surface area contributed by atoms with Crippen molar-refractivity contribution in [3.63, 3.8) is 0 Å². The Morgan fingerprint density at radius 1 is 1.40 bits per heavy atom. The second kappa shape index (κ2) is 6.50. The molecule has 0 aromatic heterocycles. The van der Waals surface area contributed by atoms with Crippen molar-refractivity contribution >= 4 is 11.9 Å². The number of amides is 1. The van der Waals surface area contributed by atoms with Crippen molar-refractivity contribution in [2.75, 3.05) is 0 Å². The zero-order valence-electron chi connectivity index (χ0n) is 11.9. The molecular formula is C15H20FNO3. The van der Waals surface area contributed by atoms with Gasteiger partial charge in [0, 0.05) is 12.5 Å². The highest BCUT2D eigenvalue weighted by molar-refractivity contribution is 5.87. The summed E-state index contributed by atoms with van der Waals surface area (Å²) >= 11 is 0. The van der Waals surface area contributed by atoms with Crippen LogP contribution >= 0.6 is 0 Å². The minimum absolute atomic E-state index is 0.00183. The molecule has 1 unspecified atom stereocenters. The van der Waals surface area contributed by atoms with Gasteiger partial charge in [0.05, 0.1) is 5.41 Å². The van der Waals surface area contributed by atoms with Crippen molar-refractivity contribution in [3.05, 3.63) is 35.6 Å². The molecule has 0 aliphatic carbocycles. The van der Waals surface area contributed by atoms with E-state index < -0.39 is 11.4 Å². The van der Waals surface area contributed by atoms with Crippen LogP contribution < -0.4 is 5.32 Å². The predicted octanol–water partition coefficient (Wildman–Crippen LogP) is 2.47. The van der Waals surface area contributed by atoms with Gasteiger partial charge in [-0.2, -0.15) is 0 Å². The lowest BCUT2D eigenvalue weighted by Gasteiger charge is -2.26. The molecule has 4 nitrogen and oxygen atoms in total. The zero-order valence-corrected chi connectivity index (χ0v) is 11.9. The van der Waals surface area contributed by atoms with Gasteiger partial charge in [0.15, 0.2) is 0 Å². The number of carbonyl (C=O) groups is 2. The number of carboxylic acid groups (broad SMARTS) is 1. The fourth-order valence-corrected chi connectivity index (χ4v) is 1.82. The molecule has 0 radical (unpaired) electrons. The van der Waals surface area contributed by atoms with Crippen LogP contribution in [0.5, 0.6) is 0 Å². The van der Waals surface area contributed by atoms with E-state index in [4.69, 9.17) is 5.11 Å². The van der Waals surface area contributed by atoms with Gasteiger partial charge in [0.25, 0.3) is 0 Å². The maximum absolute atomic E-state index is 13.2. The largest absolute Gasteiger partial charge is 0.481 e. The Morgan fingerprint density at radius 2 is 2.05 bits per heavy atom. The Bertz CT molecular complexity index is 500. The average Bonchev–Trinajstić information content (AvgIpc) is 2.36. The summed E-state index contributed by atoms with van der Waals surface area (Å²) in [4.78, 5) is 22.7. The van der Waals surface area contributed by atoms with Crippen LogP contribution in [0.25, 0.3) is 0 Å². The highest BCUT2D eigenvalue weighted by Gasteiger charge is 2.30. The van der Waals surface area contributed by atoms with Gasteiger partial charge in [0.2, 0.25) is 5.91 Å². The molecule has 0 saturated heterocycles. The first-order valence-electron chi connectivity index (χ1n) is 6.52. The molecular weight excluding hydrogens is 261 g/mol. The third-order valence-electron chi connectivity index (χ3n) is 3.28. The van der Waals surface area contributed by atoms with Gasteiger partial charge in [-0.1, -0.05) is 12.1 Å². The molecule has 1 aromatic rings. The monoisotopic (exact) mass is 281 g/mol. The van der Waals surface area contributed by atoms with Gasteiger partial charge in [0.1, 0.15) is 5.82 Å². The van der Waals surface area contributed by atoms with Crippen LogP contribution in [0.2, 0.25) is 0 Å². The van der Waals surface area contributed by atoms with Gasteiger partial charge in [-0.25, -0.2) is 4.39 Å². The molecule has 5 heteroatoms. The number of hydrogen-bond donors (Lipinski definition) is 2. The third-order valence-corrected chi connectivity index (χ3v) is 3.28. The van der Waals surface area contributed by atoms with E-state index in [9.17, 15) is 14.0 Å². The van der Waals surface area contributed by atoms with Gasteiger partial charge in [-0.15, -0.1) is 0 Å². The van der Waals surface area contributed by atoms with E-state index in [0.717, 1.165) is 0 Å². The number of benzene rings is 1. The number of carbonyl (C=O) groups excluding carboxylic acids is 1. The van der Waals surface area contributed by atoms with E-state index in [1.807, 2.05) is 0 Å². The predicted molar refractivity (Wildman–Crippen MR) is 73.9 cm³/mol. The van der Waals surface area contributed by atoms with Gasteiger partial charge >= 0.3 is 5.97 Å². The molecule has 0 saturated carbocycles. The summed E-state index contributed by atoms with van der Waals surface area (Å²) in [5, 5.41) is 11.4. The number of aliphatic carboxylic acids is 1. The lowest BCUT2D eigenvalue weighted by Crippen LogP contribution is -2.44. The molecule has 0 fully saturated rings. The first kappa shape index (κ1) is 16.1. The number of carboxylic acids is 1. The fourth-order valence-electron chi connectivity index (χ4n) is 1.82. The zero-order chi connectivity index (χ0) is 15.3. The van der Waals surface area contributed by atoms with Crippen molar-refractivity contribution in [1.82, 2.24) is 5.32 Å². The van der Waals surface area contributed by atoms with Crippen LogP contribution in [-0.2, 0) is 15.0 Å². The van der Waals surface area contributed by atoms with Crippen LogP contribution in [-0.4, -0.2) is 23.0 Å². The Morgan fingerprint density at radius 3 is 2.60 bits per heavy atom. The first-order valence-corrected chi connectivity index (χ1v) is 6.52. The van der Waals surface area contributed by atoms with E-state index in [1.54, 1.807) is 32.9 Å². The summed E-state index contributed by atoms with van der Waals surface area (Å²) in [7, 11) is 0. The molecule has 0 aliphatic rings. The van der Waals surface area contributed by atoms with E-state index in [0.29, 0.717) is 12.0 Å². The summed E-state index contributed by atoms with van der Waals surface area (Å²) < 4.78 is 13.2. The minimum Gasteiger partial charge on any atom is -0.481 e. The standard InChI is InChI=1S/C15H20FNO3/c1-10(7-8-13(18)19)17-14(20)15(2,3)11-5-4-6-12(16)9-11/h4-6,9-10H,7-8H2,1-3H3,(H,17,20)(H,18,19). The van der Waals surface area contributed by atoms with Crippen molar-refractivity contribution < 1.29 is 19.1 Å². The quantitative estimate of drug-likeness (QED) is 0.841. The Kier molecular flexibility index (Phi) is 5.25. The number of halogens is 1. The fraction of sp³-hybridized carbons (Fsp3) is 0.467. The third kappa shape index (κ3) is 4.33. The van der Waals surface area contributed by atoms with Crippen LogP contribution in [0.15, 0.2) is 24.3 Å². The topological polar surface area (TPSA) is 66.4 Å². The maximum atomic E-state index is 13.2. The van der Waals surface area contributed by atoms with Gasteiger partial charge in [-0.05, 0) is 44.9 Å². The normalized spacial score (nSPS) is 12.8. The number of rotatable bonds is 6. The van der Waals surface area contributed by atoms with Crippen LogP contribution in [0.4, 0.5) is 4.39 Å². The molecule has 0 spiro atoms. The maximum Gasteiger partial charge on any atom is 0.303 e. The summed E-state index contributed by atoms with van der Waals surface area (Å²) in [5.74, 6) is -1.53. The molecule has 1 amide bonds. The molecule has 0 aliphatic heterocycles. The van der Waals surface area contributed by atoms with E-state index in [1.165, 1.54) is 12.1 Å². The summed E-state index contributed by atoms with van der Waals surface area (Å²) in [6.07, 6.45) is 0.363. The highest BCUT2D eigenvalue weighted by atomic mass is 19.1. The van der Waals surface area contributed by atoms with Crippen LogP contribution in [0, 0.1) is 5.82 Å². The number of nitrogens with one attached hydrogen (secondary N) is 1. The minimum atomic E-state index is -0.893. The lowest BCUT2D eigenvalue weighted by atomic mass is 9.83. The Balaban J connectivity index is 2.72. The summed E-state index contributed by atoms with van der Waals surface area (Å²) in [6.45, 7) is 5.17. The Hall–Kier alpha value is -1.91. The van der Waals surface area contributed by atoms with Crippen LogP contribution in [0.1, 0.15) is 39.2 Å². The summed E-state index contributed by atoms with van der Waals surface area (Å²) in [6, 6.07) is 5.68. The molecule has 1 atom stereocenters. The van der Waals surface area contributed by atoms with E-state index in [2.05, 4.69) is 5.32 Å². The number of hydrogen-bond acceptors (Lipinski definition) is 2. The molecule has 20 heavy (non-hydrogen) atoms. The molecule has 0 bridgehead atoms. The summed E-state index contributed by atoms with van der Waals surface area (Å²) in [5.41, 5.74) is -0.292. The average molecular weight is 281 g/mol. The van der Waals surface area contributed by atoms with Gasteiger partial charge in [-0.3, -0.25) is 9.59 Å². The molecule has 110 valence electrons. The van der Waals surface area contributed by atoms with Crippen LogP contribution in [0.3, 0.4) is 0 Å². The smallest absolute Gasteiger partial charge is 0.303 e. The molecule has 1 rings (SSSR count). The van der Waals surface area contributed by atoms with E-state index >= 15 is 0 Å². The molecule has 0 heterocycles. The first-order chi connectivity index (χ1) is 9.23. The second-order valence-corrected chi connectivity index (χ2v) is 5.44. The SMILES string of the molecule is CC(CCC(=O)O)NC(=O)C(C)(C)c1cccc(F)c1. The van der Waals surface area contributed by atoms with Crippen molar-refractivity contribution in [2.24, 2.45) is 0 Å². The molecule has 1 aromatic carbocycles. The van der Waals surface area contributed by atoms with E-state index in [-0.39, 0.29) is 24.2 Å². The van der Waals surface area contributed by atoms with Gasteiger partial charge < -0.3 is 10.4 Å². The lowest BCUT2D eigenvalue weighted by molar-refractivity contribution is -0.137. The van der Waals surface area contributed by atoms with Crippen molar-refractivity contribution in [1.29, 1.82) is 0 Å². The highest BCUT2D eigenvalue weighted by Crippen LogP contribution is 2.24. The second-order valence-electron chi connectivity index (χ2n) is 5.44. The van der Waals surface area contributed by atoms with Crippen molar-refractivity contribution in [3.8, 4) is 0 Å². The van der Waals surface area contributed by atoms with Crippen molar-refractivity contribution in [2.45, 2.75) is 45.1 Å². The molecule has 2 N–H and O–H groups in total. The Labute approximate surface area is 118 Å².